The highest BCUT2D eigenvalue weighted by atomic mass is 19.1. The highest BCUT2D eigenvalue weighted by Gasteiger charge is 2.17. The van der Waals surface area contributed by atoms with E-state index in [0.717, 1.165) is 0 Å². The van der Waals surface area contributed by atoms with Gasteiger partial charge in [-0.05, 0) is 43.3 Å². The van der Waals surface area contributed by atoms with Crippen molar-refractivity contribution in [3.63, 3.8) is 0 Å². The molecule has 0 amide bonds. The zero-order chi connectivity index (χ0) is 15.4. The number of carbonyl (C=O) groups excluding carboxylic acids is 1. The van der Waals surface area contributed by atoms with Crippen molar-refractivity contribution in [3.05, 3.63) is 70.0 Å². The predicted octanol–water partition coefficient (Wildman–Crippen LogP) is 3.38. The van der Waals surface area contributed by atoms with Crippen molar-refractivity contribution in [2.45, 2.75) is 13.0 Å². The minimum Gasteiger partial charge on any atom is -0.483 e. The molecule has 2 aromatic rings. The molecule has 0 heterocycles. The van der Waals surface area contributed by atoms with E-state index in [0.29, 0.717) is 11.3 Å². The smallest absolute Gasteiger partial charge is 0.269 e. The van der Waals surface area contributed by atoms with E-state index in [1.165, 1.54) is 48.5 Å². The van der Waals surface area contributed by atoms with E-state index in [-0.39, 0.29) is 11.5 Å². The number of benzene rings is 2. The molecule has 0 aliphatic heterocycles. The van der Waals surface area contributed by atoms with E-state index in [2.05, 4.69) is 0 Å². The van der Waals surface area contributed by atoms with Gasteiger partial charge in [-0.25, -0.2) is 4.39 Å². The molecule has 0 aliphatic carbocycles. The summed E-state index contributed by atoms with van der Waals surface area (Å²) in [5.41, 5.74) is 0.283. The van der Waals surface area contributed by atoms with Gasteiger partial charge in [0.05, 0.1) is 4.92 Å². The molecule has 0 N–H and O–H groups in total. The fourth-order valence-electron chi connectivity index (χ4n) is 1.75. The first-order valence-electron chi connectivity index (χ1n) is 6.18. The maximum Gasteiger partial charge on any atom is 0.269 e. The summed E-state index contributed by atoms with van der Waals surface area (Å²) >= 11 is 0. The summed E-state index contributed by atoms with van der Waals surface area (Å²) in [6.07, 6.45) is -0.781. The highest BCUT2D eigenvalue weighted by molar-refractivity contribution is 5.99. The SMILES string of the molecule is CC(Oc1ccc([N+](=O)[O-])cc1)C(=O)c1ccc(F)cc1. The topological polar surface area (TPSA) is 69.4 Å². The largest absolute Gasteiger partial charge is 0.483 e. The first-order valence-corrected chi connectivity index (χ1v) is 6.18. The summed E-state index contributed by atoms with van der Waals surface area (Å²) < 4.78 is 18.2. The van der Waals surface area contributed by atoms with Gasteiger partial charge in [-0.3, -0.25) is 14.9 Å². The molecule has 0 saturated heterocycles. The summed E-state index contributed by atoms with van der Waals surface area (Å²) in [5, 5.41) is 10.5. The standard InChI is InChI=1S/C15H12FNO4/c1-10(15(18)11-2-4-12(16)5-3-11)21-14-8-6-13(7-9-14)17(19)20/h2-10H,1H3. The number of Topliss-reactive ketones (excluding diaryl/α,β-unsaturated/α-hetero) is 1. The van der Waals surface area contributed by atoms with Crippen LogP contribution >= 0.6 is 0 Å². The number of hydrogen-bond acceptors (Lipinski definition) is 4. The monoisotopic (exact) mass is 289 g/mol. The summed E-state index contributed by atoms with van der Waals surface area (Å²) in [5.74, 6) is -0.368. The fourth-order valence-corrected chi connectivity index (χ4v) is 1.75. The van der Waals surface area contributed by atoms with Crippen molar-refractivity contribution < 1.29 is 18.8 Å². The van der Waals surface area contributed by atoms with E-state index >= 15 is 0 Å². The van der Waals surface area contributed by atoms with Gasteiger partial charge in [0, 0.05) is 17.7 Å². The molecule has 2 rings (SSSR count). The third kappa shape index (κ3) is 3.62. The lowest BCUT2D eigenvalue weighted by molar-refractivity contribution is -0.384. The molecule has 1 unspecified atom stereocenters. The van der Waals surface area contributed by atoms with Crippen LogP contribution in [0.2, 0.25) is 0 Å². The van der Waals surface area contributed by atoms with E-state index < -0.39 is 16.8 Å². The molecule has 0 aliphatic rings. The normalized spacial score (nSPS) is 11.7. The second-order valence-electron chi connectivity index (χ2n) is 4.38. The first-order chi connectivity index (χ1) is 9.97. The second-order valence-corrected chi connectivity index (χ2v) is 4.38. The van der Waals surface area contributed by atoms with E-state index in [4.69, 9.17) is 4.74 Å². The number of nitrogens with zero attached hydrogens (tertiary/aromatic N) is 1. The van der Waals surface area contributed by atoms with Crippen LogP contribution in [0.1, 0.15) is 17.3 Å². The van der Waals surface area contributed by atoms with Crippen molar-refractivity contribution in [3.8, 4) is 5.75 Å². The third-order valence-electron chi connectivity index (χ3n) is 2.86. The van der Waals surface area contributed by atoms with Crippen LogP contribution in [0.15, 0.2) is 48.5 Å². The van der Waals surface area contributed by atoms with Gasteiger partial charge < -0.3 is 4.74 Å². The van der Waals surface area contributed by atoms with Crippen LogP contribution in [-0.2, 0) is 0 Å². The molecular formula is C15H12FNO4. The highest BCUT2D eigenvalue weighted by Crippen LogP contribution is 2.19. The number of non-ortho nitro benzene ring substituents is 1. The number of ketones is 1. The molecule has 0 bridgehead atoms. The maximum atomic E-state index is 12.8. The van der Waals surface area contributed by atoms with Gasteiger partial charge in [-0.1, -0.05) is 0 Å². The predicted molar refractivity (Wildman–Crippen MR) is 73.9 cm³/mol. The molecule has 21 heavy (non-hydrogen) atoms. The number of nitro groups is 1. The average molecular weight is 289 g/mol. The average Bonchev–Trinajstić information content (AvgIpc) is 2.47. The Kier molecular flexibility index (Phi) is 4.27. The molecule has 1 atom stereocenters. The number of ether oxygens (including phenoxy) is 1. The molecule has 6 heteroatoms. The van der Waals surface area contributed by atoms with Crippen molar-refractivity contribution in [2.24, 2.45) is 0 Å². The Bertz CT molecular complexity index is 652. The Balaban J connectivity index is 2.06. The summed E-state index contributed by atoms with van der Waals surface area (Å²) in [4.78, 5) is 22.1. The van der Waals surface area contributed by atoms with Crippen LogP contribution in [0.3, 0.4) is 0 Å². The lowest BCUT2D eigenvalue weighted by Gasteiger charge is -2.13. The molecule has 0 radical (unpaired) electrons. The number of halogens is 1. The van der Waals surface area contributed by atoms with Crippen molar-refractivity contribution >= 4 is 11.5 Å². The zero-order valence-electron chi connectivity index (χ0n) is 11.2. The number of nitro benzene ring substituents is 1. The van der Waals surface area contributed by atoms with Crippen LogP contribution in [-0.4, -0.2) is 16.8 Å². The van der Waals surface area contributed by atoms with Crippen LogP contribution in [0, 0.1) is 15.9 Å². The third-order valence-corrected chi connectivity index (χ3v) is 2.86. The Morgan fingerprint density at radius 2 is 1.71 bits per heavy atom. The fraction of sp³-hybridized carbons (Fsp3) is 0.133. The van der Waals surface area contributed by atoms with Gasteiger partial charge in [0.25, 0.3) is 5.69 Å². The molecular weight excluding hydrogens is 277 g/mol. The van der Waals surface area contributed by atoms with Gasteiger partial charge in [0.2, 0.25) is 5.78 Å². The maximum absolute atomic E-state index is 12.8. The molecule has 5 nitrogen and oxygen atoms in total. The van der Waals surface area contributed by atoms with E-state index in [9.17, 15) is 19.3 Å². The van der Waals surface area contributed by atoms with Crippen molar-refractivity contribution in [1.82, 2.24) is 0 Å². The van der Waals surface area contributed by atoms with Gasteiger partial charge in [0.1, 0.15) is 11.6 Å². The molecule has 0 aromatic heterocycles. The van der Waals surface area contributed by atoms with Crippen LogP contribution < -0.4 is 4.74 Å². The molecule has 108 valence electrons. The van der Waals surface area contributed by atoms with Crippen LogP contribution in [0.4, 0.5) is 10.1 Å². The second kappa shape index (κ2) is 6.13. The number of carbonyl (C=O) groups is 1. The Morgan fingerprint density at radius 3 is 2.24 bits per heavy atom. The molecule has 2 aromatic carbocycles. The lowest BCUT2D eigenvalue weighted by atomic mass is 10.1. The van der Waals surface area contributed by atoms with E-state index in [1.807, 2.05) is 0 Å². The Labute approximate surface area is 120 Å². The van der Waals surface area contributed by atoms with Crippen molar-refractivity contribution in [1.29, 1.82) is 0 Å². The minimum absolute atomic E-state index is 0.0557. The Hall–Kier alpha value is -2.76. The van der Waals surface area contributed by atoms with E-state index in [1.54, 1.807) is 6.92 Å². The summed E-state index contributed by atoms with van der Waals surface area (Å²) in [6, 6.07) is 10.6. The summed E-state index contributed by atoms with van der Waals surface area (Å²) in [7, 11) is 0. The zero-order valence-corrected chi connectivity index (χ0v) is 11.2. The minimum atomic E-state index is -0.781. The number of hydrogen-bond donors (Lipinski definition) is 0. The van der Waals surface area contributed by atoms with Crippen molar-refractivity contribution in [2.75, 3.05) is 0 Å². The molecule has 0 saturated carbocycles. The van der Waals surface area contributed by atoms with Gasteiger partial charge in [0.15, 0.2) is 6.10 Å². The van der Waals surface area contributed by atoms with Crippen LogP contribution in [0.5, 0.6) is 5.75 Å². The molecule has 0 fully saturated rings. The van der Waals surface area contributed by atoms with Gasteiger partial charge >= 0.3 is 0 Å². The lowest BCUT2D eigenvalue weighted by Crippen LogP contribution is -2.23. The Morgan fingerprint density at radius 1 is 1.14 bits per heavy atom. The first kappa shape index (κ1) is 14.6. The molecule has 0 spiro atoms. The quantitative estimate of drug-likeness (QED) is 0.480. The summed E-state index contributed by atoms with van der Waals surface area (Å²) in [6.45, 7) is 1.56. The van der Waals surface area contributed by atoms with Gasteiger partial charge in [-0.15, -0.1) is 0 Å². The number of rotatable bonds is 5. The van der Waals surface area contributed by atoms with Crippen LogP contribution in [0.25, 0.3) is 0 Å². The van der Waals surface area contributed by atoms with Gasteiger partial charge in [-0.2, -0.15) is 0 Å².